The third kappa shape index (κ3) is 4.31. The number of methoxy groups -OCH3 is 2. The Balaban J connectivity index is 1.45. The van der Waals surface area contributed by atoms with Gasteiger partial charge in [-0.1, -0.05) is 20.8 Å². The molecule has 1 aliphatic carbocycles. The summed E-state index contributed by atoms with van der Waals surface area (Å²) in [7, 11) is 3.08. The second kappa shape index (κ2) is 8.15. The summed E-state index contributed by atoms with van der Waals surface area (Å²) in [6.45, 7) is 7.74. The topological polar surface area (TPSA) is 67.9 Å². The van der Waals surface area contributed by atoms with Gasteiger partial charge in [-0.3, -0.25) is 9.59 Å². The zero-order valence-corrected chi connectivity index (χ0v) is 19.5. The minimum Gasteiger partial charge on any atom is -0.493 e. The van der Waals surface area contributed by atoms with Gasteiger partial charge in [-0.15, -0.1) is 0 Å². The van der Waals surface area contributed by atoms with E-state index in [0.29, 0.717) is 34.4 Å². The van der Waals surface area contributed by atoms with Crippen molar-refractivity contribution >= 4 is 17.5 Å². The highest BCUT2D eigenvalue weighted by molar-refractivity contribution is 6.05. The van der Waals surface area contributed by atoms with Gasteiger partial charge in [0.2, 0.25) is 0 Å². The van der Waals surface area contributed by atoms with Crippen LogP contribution in [0.15, 0.2) is 42.5 Å². The molecule has 2 aliphatic rings. The van der Waals surface area contributed by atoms with Crippen LogP contribution in [0, 0.1) is 10.8 Å². The molecule has 32 heavy (non-hydrogen) atoms. The molecule has 0 spiro atoms. The predicted octanol–water partition coefficient (Wildman–Crippen LogP) is 5.00. The van der Waals surface area contributed by atoms with E-state index in [0.717, 1.165) is 25.8 Å². The number of carbonyl (C=O) groups excluding carboxylic acids is 2. The first-order valence-electron chi connectivity index (χ1n) is 11.1. The molecule has 2 fully saturated rings. The van der Waals surface area contributed by atoms with E-state index < -0.39 is 0 Å². The summed E-state index contributed by atoms with van der Waals surface area (Å²) < 4.78 is 10.5. The van der Waals surface area contributed by atoms with Crippen molar-refractivity contribution in [1.29, 1.82) is 0 Å². The quantitative estimate of drug-likeness (QED) is 0.716. The fourth-order valence-electron chi connectivity index (χ4n) is 5.74. The Morgan fingerprint density at radius 2 is 1.59 bits per heavy atom. The van der Waals surface area contributed by atoms with Gasteiger partial charge in [-0.2, -0.15) is 0 Å². The van der Waals surface area contributed by atoms with E-state index in [1.54, 1.807) is 49.6 Å². The van der Waals surface area contributed by atoms with Crippen LogP contribution in [-0.4, -0.2) is 43.5 Å². The van der Waals surface area contributed by atoms with Crippen molar-refractivity contribution < 1.29 is 19.1 Å². The molecule has 2 aromatic carbocycles. The zero-order valence-electron chi connectivity index (χ0n) is 19.5. The molecular weight excluding hydrogens is 404 g/mol. The van der Waals surface area contributed by atoms with Crippen LogP contribution in [0.3, 0.4) is 0 Å². The summed E-state index contributed by atoms with van der Waals surface area (Å²) in [4.78, 5) is 28.0. The molecule has 1 N–H and O–H groups in total. The summed E-state index contributed by atoms with van der Waals surface area (Å²) in [6.07, 6.45) is 3.29. The van der Waals surface area contributed by atoms with E-state index in [2.05, 4.69) is 31.0 Å². The lowest BCUT2D eigenvalue weighted by Gasteiger charge is -2.39. The van der Waals surface area contributed by atoms with Crippen molar-refractivity contribution in [2.75, 3.05) is 26.1 Å². The zero-order chi connectivity index (χ0) is 23.1. The lowest BCUT2D eigenvalue weighted by atomic mass is 9.65. The Morgan fingerprint density at radius 3 is 2.25 bits per heavy atom. The number of anilines is 1. The highest BCUT2D eigenvalue weighted by Crippen LogP contribution is 2.52. The van der Waals surface area contributed by atoms with E-state index in [-0.39, 0.29) is 22.6 Å². The molecular formula is C26H32N2O4. The van der Waals surface area contributed by atoms with E-state index in [1.165, 1.54) is 7.11 Å². The number of likely N-dealkylation sites (tertiary alicyclic amines) is 1. The molecule has 0 aromatic heterocycles. The maximum absolute atomic E-state index is 13.2. The van der Waals surface area contributed by atoms with Gasteiger partial charge in [0.1, 0.15) is 0 Å². The molecule has 6 heteroatoms. The highest BCUT2D eigenvalue weighted by atomic mass is 16.5. The highest BCUT2D eigenvalue weighted by Gasteiger charge is 2.51. The van der Waals surface area contributed by atoms with Gasteiger partial charge < -0.3 is 19.7 Å². The van der Waals surface area contributed by atoms with Gasteiger partial charge in [0.25, 0.3) is 11.8 Å². The molecule has 1 saturated heterocycles. The van der Waals surface area contributed by atoms with Gasteiger partial charge >= 0.3 is 0 Å². The van der Waals surface area contributed by atoms with Gasteiger partial charge in [0.05, 0.1) is 14.2 Å². The van der Waals surface area contributed by atoms with Gasteiger partial charge in [0, 0.05) is 29.4 Å². The number of nitrogens with one attached hydrogen (secondary N) is 1. The van der Waals surface area contributed by atoms with E-state index in [9.17, 15) is 9.59 Å². The fourth-order valence-corrected chi connectivity index (χ4v) is 5.74. The third-order valence-corrected chi connectivity index (χ3v) is 6.71. The Morgan fingerprint density at radius 1 is 0.938 bits per heavy atom. The molecule has 1 heterocycles. The Bertz CT molecular complexity index is 1030. The number of rotatable bonds is 5. The number of amides is 2. The molecule has 2 amide bonds. The van der Waals surface area contributed by atoms with Gasteiger partial charge in [0.15, 0.2) is 11.5 Å². The summed E-state index contributed by atoms with van der Waals surface area (Å²) in [5, 5.41) is 2.88. The van der Waals surface area contributed by atoms with Crippen LogP contribution in [0.5, 0.6) is 11.5 Å². The Kier molecular flexibility index (Phi) is 5.65. The van der Waals surface area contributed by atoms with Gasteiger partial charge in [-0.05, 0) is 72.6 Å². The molecule has 2 atom stereocenters. The van der Waals surface area contributed by atoms with Crippen LogP contribution in [-0.2, 0) is 0 Å². The van der Waals surface area contributed by atoms with Crippen molar-refractivity contribution in [3.05, 3.63) is 53.6 Å². The molecule has 6 nitrogen and oxygen atoms in total. The number of nitrogens with zero attached hydrogens (tertiary/aromatic N) is 1. The molecule has 4 rings (SSSR count). The van der Waals surface area contributed by atoms with E-state index >= 15 is 0 Å². The molecule has 1 aliphatic heterocycles. The standard InChI is InChI=1S/C26H32N2O4/c1-25(2)13-20-14-26(3,15-25)16-28(20)24(30)17-6-9-19(10-7-17)27-23(29)18-8-11-21(31-4)22(12-18)32-5/h6-12,20H,13-16H2,1-5H3,(H,27,29). The maximum Gasteiger partial charge on any atom is 0.255 e. The van der Waals surface area contributed by atoms with Crippen LogP contribution >= 0.6 is 0 Å². The molecule has 2 aromatic rings. The van der Waals surface area contributed by atoms with Gasteiger partial charge in [-0.25, -0.2) is 0 Å². The summed E-state index contributed by atoms with van der Waals surface area (Å²) in [5.41, 5.74) is 2.22. The molecule has 2 bridgehead atoms. The average Bonchev–Trinajstić information content (AvgIpc) is 3.01. The first-order chi connectivity index (χ1) is 15.1. The lowest BCUT2D eigenvalue weighted by molar-refractivity contribution is 0.0708. The first-order valence-corrected chi connectivity index (χ1v) is 11.1. The van der Waals surface area contributed by atoms with Crippen molar-refractivity contribution in [3.63, 3.8) is 0 Å². The molecule has 0 radical (unpaired) electrons. The predicted molar refractivity (Wildman–Crippen MR) is 125 cm³/mol. The third-order valence-electron chi connectivity index (χ3n) is 6.71. The Labute approximate surface area is 189 Å². The number of benzene rings is 2. The number of hydrogen-bond donors (Lipinski definition) is 1. The number of ether oxygens (including phenoxy) is 2. The fraction of sp³-hybridized carbons (Fsp3) is 0.462. The average molecular weight is 437 g/mol. The van der Waals surface area contributed by atoms with Crippen LogP contribution in [0.4, 0.5) is 5.69 Å². The second-order valence-electron chi connectivity index (χ2n) is 10.2. The Hall–Kier alpha value is -3.02. The van der Waals surface area contributed by atoms with Crippen LogP contribution < -0.4 is 14.8 Å². The lowest BCUT2D eigenvalue weighted by Crippen LogP contribution is -2.37. The number of carbonyl (C=O) groups is 2. The first kappa shape index (κ1) is 22.2. The normalized spacial score (nSPS) is 23.5. The van der Waals surface area contributed by atoms with Crippen molar-refractivity contribution in [2.24, 2.45) is 10.8 Å². The molecule has 1 saturated carbocycles. The summed E-state index contributed by atoms with van der Waals surface area (Å²) in [5.74, 6) is 0.882. The van der Waals surface area contributed by atoms with E-state index in [1.807, 2.05) is 0 Å². The van der Waals surface area contributed by atoms with Crippen molar-refractivity contribution in [1.82, 2.24) is 4.90 Å². The minimum absolute atomic E-state index is 0.0780. The van der Waals surface area contributed by atoms with Crippen LogP contribution in [0.2, 0.25) is 0 Å². The minimum atomic E-state index is -0.256. The van der Waals surface area contributed by atoms with Crippen LogP contribution in [0.1, 0.15) is 60.7 Å². The molecule has 2 unspecified atom stereocenters. The second-order valence-corrected chi connectivity index (χ2v) is 10.2. The largest absolute Gasteiger partial charge is 0.493 e. The molecule has 170 valence electrons. The van der Waals surface area contributed by atoms with E-state index in [4.69, 9.17) is 9.47 Å². The van der Waals surface area contributed by atoms with Crippen molar-refractivity contribution in [2.45, 2.75) is 46.1 Å². The number of fused-ring (bicyclic) bond motifs is 2. The summed E-state index contributed by atoms with van der Waals surface area (Å²) >= 11 is 0. The van der Waals surface area contributed by atoms with Crippen molar-refractivity contribution in [3.8, 4) is 11.5 Å². The SMILES string of the molecule is COc1ccc(C(=O)Nc2ccc(C(=O)N3CC4(C)CC3CC(C)(C)C4)cc2)cc1OC. The number of hydrogen-bond acceptors (Lipinski definition) is 4. The monoisotopic (exact) mass is 436 g/mol. The summed E-state index contributed by atoms with van der Waals surface area (Å²) in [6, 6.07) is 12.5. The van der Waals surface area contributed by atoms with Crippen LogP contribution in [0.25, 0.3) is 0 Å². The maximum atomic E-state index is 13.2. The smallest absolute Gasteiger partial charge is 0.255 e.